The molecule has 0 aromatic heterocycles. The molecule has 0 saturated carbocycles. The van der Waals surface area contributed by atoms with E-state index in [2.05, 4.69) is 3.07 Å². The Hall–Kier alpha value is 0.0687. The van der Waals surface area contributed by atoms with Crippen molar-refractivity contribution in [3.63, 3.8) is 0 Å². The first kappa shape index (κ1) is 8.07. The van der Waals surface area contributed by atoms with Crippen molar-refractivity contribution in [2.24, 2.45) is 5.92 Å². The molecule has 1 radical (unpaired) electrons. The molecule has 0 unspecified atom stereocenters. The van der Waals surface area contributed by atoms with E-state index in [0.29, 0.717) is 0 Å². The molecule has 0 bridgehead atoms. The van der Waals surface area contributed by atoms with Gasteiger partial charge in [0.1, 0.15) is 0 Å². The van der Waals surface area contributed by atoms with Gasteiger partial charge in [-0.05, 0) is 0 Å². The van der Waals surface area contributed by atoms with Gasteiger partial charge in [-0.3, -0.25) is 0 Å². The number of carbonyl (C=O) groups is 1. The molecule has 0 N–H and O–H groups in total. The third-order valence-electron chi connectivity index (χ3n) is 0.614. The molecule has 0 aromatic carbocycles. The first-order chi connectivity index (χ1) is 3.68. The quantitative estimate of drug-likeness (QED) is 0.624. The summed E-state index contributed by atoms with van der Waals surface area (Å²) in [5.41, 5.74) is 0. The Morgan fingerprint density at radius 2 is 2.12 bits per heavy atom. The molecule has 0 spiro atoms. The van der Waals surface area contributed by atoms with E-state index in [-0.39, 0.29) is 11.9 Å². The first-order valence-corrected chi connectivity index (χ1v) is 4.59. The van der Waals surface area contributed by atoms with Crippen LogP contribution in [0.3, 0.4) is 0 Å². The van der Waals surface area contributed by atoms with Crippen molar-refractivity contribution in [3.8, 4) is 0 Å². The van der Waals surface area contributed by atoms with Crippen LogP contribution < -0.4 is 0 Å². The van der Waals surface area contributed by atoms with Crippen LogP contribution in [0.4, 0.5) is 0 Å². The van der Waals surface area contributed by atoms with E-state index in [9.17, 15) is 7.87 Å². The molecule has 45 valence electrons. The predicted octanol–water partition coefficient (Wildman–Crippen LogP) is 0.150. The monoisotopic (exact) mass is 223 g/mol. The maximum atomic E-state index is 10.4. The van der Waals surface area contributed by atoms with E-state index in [4.69, 9.17) is 0 Å². The summed E-state index contributed by atoms with van der Waals surface area (Å²) in [7, 11) is 0. The van der Waals surface area contributed by atoms with Gasteiger partial charge in [0.2, 0.25) is 0 Å². The van der Waals surface area contributed by atoms with Crippen LogP contribution in [0.2, 0.25) is 0 Å². The number of hydrogen-bond donors (Lipinski definition) is 0. The van der Waals surface area contributed by atoms with Gasteiger partial charge in [0.05, 0.1) is 0 Å². The minimum atomic E-state index is -2.00. The van der Waals surface area contributed by atoms with E-state index in [0.717, 1.165) is 0 Å². The Balaban J connectivity index is 3.48. The van der Waals surface area contributed by atoms with Crippen molar-refractivity contribution in [1.29, 1.82) is 0 Å². The van der Waals surface area contributed by atoms with Gasteiger partial charge in [-0.15, -0.1) is 0 Å². The van der Waals surface area contributed by atoms with Crippen LogP contribution in [0.1, 0.15) is 13.8 Å². The molecule has 8 heavy (non-hydrogen) atoms. The standard InChI is InChI=1S/C4H8O2.O.Sn/c1-3(2)4(5)6;;/h3H,1-2H3,(H,5,6);;/q;;+1/p-1. The Kier molecular flexibility index (Phi) is 4.03. The number of carbonyl (C=O) groups excluding carboxylic acids is 1. The third kappa shape index (κ3) is 3.12. The number of rotatable bonds is 2. The molecular weight excluding hydrogens is 215 g/mol. The van der Waals surface area contributed by atoms with Crippen LogP contribution >= 0.6 is 0 Å². The average Bonchev–Trinajstić information content (AvgIpc) is 1.67. The average molecular weight is 222 g/mol. The first-order valence-electron chi connectivity index (χ1n) is 2.26. The van der Waals surface area contributed by atoms with Crippen LogP contribution in [-0.4, -0.2) is 27.5 Å². The van der Waals surface area contributed by atoms with E-state index < -0.39 is 21.5 Å². The van der Waals surface area contributed by atoms with Crippen LogP contribution in [0.25, 0.3) is 0 Å². The van der Waals surface area contributed by atoms with E-state index in [1.54, 1.807) is 13.8 Å². The second-order valence-electron chi connectivity index (χ2n) is 1.66. The molecule has 0 atom stereocenters. The summed E-state index contributed by atoms with van der Waals surface area (Å²) in [6, 6.07) is 0. The Bertz CT molecular complexity index is 99.5. The van der Waals surface area contributed by atoms with Gasteiger partial charge >= 0.3 is 58.2 Å². The van der Waals surface area contributed by atoms with Crippen LogP contribution in [0.5, 0.6) is 0 Å². The van der Waals surface area contributed by atoms with Gasteiger partial charge < -0.3 is 0 Å². The second kappa shape index (κ2) is 4.00. The maximum absolute atomic E-state index is 10.4. The molecule has 0 aromatic rings. The zero-order chi connectivity index (χ0) is 6.57. The topological polar surface area (TPSA) is 43.4 Å². The summed E-state index contributed by atoms with van der Waals surface area (Å²) in [6.07, 6.45) is 0. The van der Waals surface area contributed by atoms with E-state index >= 15 is 0 Å². The molecule has 3 nitrogen and oxygen atoms in total. The summed E-state index contributed by atoms with van der Waals surface area (Å²) in [5, 5.41) is 0. The van der Waals surface area contributed by atoms with Crippen molar-refractivity contribution in [1.82, 2.24) is 0 Å². The molecule has 0 aliphatic rings. The van der Waals surface area contributed by atoms with Gasteiger partial charge in [0, 0.05) is 0 Å². The molecule has 4 heteroatoms. The van der Waals surface area contributed by atoms with Gasteiger partial charge in [0.25, 0.3) is 0 Å². The molecule has 0 amide bonds. The zero-order valence-electron chi connectivity index (χ0n) is 4.80. The molecule has 0 aliphatic carbocycles. The summed E-state index contributed by atoms with van der Waals surface area (Å²) < 4.78 is 14.1. The van der Waals surface area contributed by atoms with E-state index in [1.807, 2.05) is 0 Å². The van der Waals surface area contributed by atoms with E-state index in [1.165, 1.54) is 0 Å². The van der Waals surface area contributed by atoms with Gasteiger partial charge in [-0.1, -0.05) is 0 Å². The van der Waals surface area contributed by atoms with Crippen LogP contribution in [0.15, 0.2) is 0 Å². The summed E-state index contributed by atoms with van der Waals surface area (Å²) >= 11 is -2.00. The third-order valence-corrected chi connectivity index (χ3v) is 1.43. The van der Waals surface area contributed by atoms with Crippen molar-refractivity contribution in [2.45, 2.75) is 13.8 Å². The van der Waals surface area contributed by atoms with Crippen LogP contribution in [-0.2, 0) is 10.9 Å². The molecule has 0 heterocycles. The van der Waals surface area contributed by atoms with Crippen molar-refractivity contribution < 1.29 is 10.9 Å². The minimum absolute atomic E-state index is 0.148. The fourth-order valence-electron chi connectivity index (χ4n) is 0.159. The summed E-state index contributed by atoms with van der Waals surface area (Å²) in [6.45, 7) is 3.41. The fourth-order valence-corrected chi connectivity index (χ4v) is 1.07. The Morgan fingerprint density at radius 1 is 1.62 bits per heavy atom. The van der Waals surface area contributed by atoms with Gasteiger partial charge in [-0.2, -0.15) is 0 Å². The van der Waals surface area contributed by atoms with Gasteiger partial charge in [-0.25, -0.2) is 0 Å². The molecular formula is C4H7O3Sn. The normalized spacial score (nSPS) is 8.88. The zero-order valence-corrected chi connectivity index (χ0v) is 7.66. The van der Waals surface area contributed by atoms with Crippen molar-refractivity contribution >= 4 is 27.5 Å². The Morgan fingerprint density at radius 3 is 2.25 bits per heavy atom. The van der Waals surface area contributed by atoms with Gasteiger partial charge in [0.15, 0.2) is 0 Å². The van der Waals surface area contributed by atoms with Crippen molar-refractivity contribution in [3.05, 3.63) is 0 Å². The molecule has 0 fully saturated rings. The Labute approximate surface area is 58.6 Å². The fraction of sp³-hybridized carbons (Fsp3) is 0.750. The second-order valence-corrected chi connectivity index (χ2v) is 2.72. The molecule has 0 saturated heterocycles. The predicted molar refractivity (Wildman–Crippen MR) is 27.4 cm³/mol. The number of hydrogen-bond acceptors (Lipinski definition) is 3. The SMILES string of the molecule is CC(C)C(=O)[O][Sn]=[O]. The van der Waals surface area contributed by atoms with Crippen molar-refractivity contribution in [2.75, 3.05) is 0 Å². The summed E-state index contributed by atoms with van der Waals surface area (Å²) in [5.74, 6) is -0.503. The summed E-state index contributed by atoms with van der Waals surface area (Å²) in [4.78, 5) is 10.4. The molecule has 0 rings (SSSR count). The molecule has 0 aliphatic heterocycles. The van der Waals surface area contributed by atoms with Crippen LogP contribution in [0, 0.1) is 5.92 Å².